The molecule has 1 fully saturated rings. The number of hydrogen-bond donors (Lipinski definition) is 1. The molecule has 1 N–H and O–H groups in total. The molecule has 0 saturated carbocycles. The smallest absolute Gasteiger partial charge is 0.410 e. The number of rotatable bonds is 1. The van der Waals surface area contributed by atoms with Crippen LogP contribution >= 0.6 is 23.2 Å². The van der Waals surface area contributed by atoms with E-state index in [1.165, 1.54) is 0 Å². The lowest BCUT2D eigenvalue weighted by Gasteiger charge is -2.39. The zero-order valence-corrected chi connectivity index (χ0v) is 14.5. The van der Waals surface area contributed by atoms with E-state index in [0.717, 1.165) is 0 Å². The third-order valence-corrected chi connectivity index (χ3v) is 4.22. The Hall–Kier alpha value is -0.970. The first-order chi connectivity index (χ1) is 10.1. The van der Waals surface area contributed by atoms with Gasteiger partial charge < -0.3 is 14.7 Å². The number of carbonyl (C=O) groups excluding carboxylic acids is 1. The molecule has 1 amide bonds. The van der Waals surface area contributed by atoms with E-state index in [1.54, 1.807) is 23.1 Å². The third kappa shape index (κ3) is 4.06. The summed E-state index contributed by atoms with van der Waals surface area (Å²) in [5.41, 5.74) is -0.910. The summed E-state index contributed by atoms with van der Waals surface area (Å²) in [5.74, 6) is 0. The molecule has 1 aliphatic rings. The van der Waals surface area contributed by atoms with Gasteiger partial charge in [-0.25, -0.2) is 4.79 Å². The van der Waals surface area contributed by atoms with Crippen LogP contribution in [0.2, 0.25) is 10.0 Å². The van der Waals surface area contributed by atoms with Gasteiger partial charge in [0.25, 0.3) is 0 Å². The normalized spacial score (nSPS) is 18.2. The molecule has 2 rings (SSSR count). The first-order valence-electron chi connectivity index (χ1n) is 7.27. The molecule has 0 atom stereocenters. The predicted octanol–water partition coefficient (Wildman–Crippen LogP) is 4.21. The zero-order valence-electron chi connectivity index (χ0n) is 13.0. The molecule has 1 heterocycles. The highest BCUT2D eigenvalue weighted by molar-refractivity contribution is 6.35. The van der Waals surface area contributed by atoms with E-state index < -0.39 is 11.2 Å². The van der Waals surface area contributed by atoms with Crippen LogP contribution < -0.4 is 0 Å². The molecule has 1 aromatic rings. The monoisotopic (exact) mass is 345 g/mol. The summed E-state index contributed by atoms with van der Waals surface area (Å²) in [6.07, 6.45) is 0.470. The fourth-order valence-corrected chi connectivity index (χ4v) is 3.11. The molecule has 1 saturated heterocycles. The van der Waals surface area contributed by atoms with Crippen LogP contribution in [0, 0.1) is 0 Å². The highest BCUT2D eigenvalue weighted by Gasteiger charge is 2.37. The lowest BCUT2D eigenvalue weighted by atomic mass is 9.84. The Morgan fingerprint density at radius 1 is 1.27 bits per heavy atom. The van der Waals surface area contributed by atoms with Crippen molar-refractivity contribution in [1.29, 1.82) is 0 Å². The fourth-order valence-electron chi connectivity index (χ4n) is 2.52. The van der Waals surface area contributed by atoms with E-state index in [2.05, 4.69) is 0 Å². The molecule has 122 valence electrons. The number of amides is 1. The van der Waals surface area contributed by atoms with Crippen molar-refractivity contribution in [2.24, 2.45) is 0 Å². The van der Waals surface area contributed by atoms with Gasteiger partial charge in [0, 0.05) is 28.7 Å². The Morgan fingerprint density at radius 2 is 1.86 bits per heavy atom. The van der Waals surface area contributed by atoms with Crippen molar-refractivity contribution in [1.82, 2.24) is 4.90 Å². The number of aliphatic hydroxyl groups is 1. The van der Waals surface area contributed by atoms with Crippen LogP contribution in [0.1, 0.15) is 39.2 Å². The number of piperidine rings is 1. The van der Waals surface area contributed by atoms with E-state index >= 15 is 0 Å². The van der Waals surface area contributed by atoms with Crippen molar-refractivity contribution < 1.29 is 14.6 Å². The SMILES string of the molecule is CC(C)(C)OC(=O)N1CCC(O)(c2ccc(Cl)cc2Cl)CC1. The molecule has 4 nitrogen and oxygen atoms in total. The van der Waals surface area contributed by atoms with Crippen molar-refractivity contribution in [3.8, 4) is 0 Å². The van der Waals surface area contributed by atoms with Crippen molar-refractivity contribution in [3.63, 3.8) is 0 Å². The summed E-state index contributed by atoms with van der Waals surface area (Å²) < 4.78 is 5.35. The maximum absolute atomic E-state index is 12.1. The predicted molar refractivity (Wildman–Crippen MR) is 87.4 cm³/mol. The Bertz CT molecular complexity index is 561. The van der Waals surface area contributed by atoms with Gasteiger partial charge in [0.15, 0.2) is 0 Å². The zero-order chi connectivity index (χ0) is 16.5. The van der Waals surface area contributed by atoms with Crippen LogP contribution in [-0.4, -0.2) is 34.8 Å². The highest BCUT2D eigenvalue weighted by Crippen LogP contribution is 2.38. The number of ether oxygens (including phenoxy) is 1. The number of halogens is 2. The number of nitrogens with zero attached hydrogens (tertiary/aromatic N) is 1. The molecule has 1 aromatic carbocycles. The van der Waals surface area contributed by atoms with E-state index in [0.29, 0.717) is 41.5 Å². The van der Waals surface area contributed by atoms with Gasteiger partial charge in [-0.2, -0.15) is 0 Å². The molecular formula is C16H21Cl2NO3. The van der Waals surface area contributed by atoms with Gasteiger partial charge in [0.05, 0.1) is 5.60 Å². The van der Waals surface area contributed by atoms with E-state index in [1.807, 2.05) is 20.8 Å². The number of benzene rings is 1. The summed E-state index contributed by atoms with van der Waals surface area (Å²) in [5, 5.41) is 11.8. The Labute approximate surface area is 141 Å². The molecule has 0 aliphatic carbocycles. The van der Waals surface area contributed by atoms with Gasteiger partial charge in [-0.3, -0.25) is 0 Å². The summed E-state index contributed by atoms with van der Waals surface area (Å²) in [4.78, 5) is 13.7. The third-order valence-electron chi connectivity index (χ3n) is 3.67. The first-order valence-corrected chi connectivity index (χ1v) is 8.02. The number of likely N-dealkylation sites (tertiary alicyclic amines) is 1. The lowest BCUT2D eigenvalue weighted by molar-refractivity contribution is -0.0355. The topological polar surface area (TPSA) is 49.8 Å². The van der Waals surface area contributed by atoms with Gasteiger partial charge in [-0.1, -0.05) is 29.3 Å². The van der Waals surface area contributed by atoms with E-state index in [-0.39, 0.29) is 6.09 Å². The second-order valence-corrected chi connectivity index (χ2v) is 7.47. The Morgan fingerprint density at radius 3 is 2.36 bits per heavy atom. The van der Waals surface area contributed by atoms with Crippen LogP contribution in [0.15, 0.2) is 18.2 Å². The number of carbonyl (C=O) groups is 1. The molecule has 0 bridgehead atoms. The van der Waals surface area contributed by atoms with E-state index in [9.17, 15) is 9.90 Å². The largest absolute Gasteiger partial charge is 0.444 e. The average Bonchev–Trinajstić information content (AvgIpc) is 2.36. The quantitative estimate of drug-likeness (QED) is 0.829. The van der Waals surface area contributed by atoms with Crippen molar-refractivity contribution >= 4 is 29.3 Å². The lowest BCUT2D eigenvalue weighted by Crippen LogP contribution is -2.46. The van der Waals surface area contributed by atoms with Crippen LogP contribution in [0.3, 0.4) is 0 Å². The van der Waals surface area contributed by atoms with Gasteiger partial charge in [0.1, 0.15) is 5.60 Å². The molecule has 0 spiro atoms. The van der Waals surface area contributed by atoms with Crippen LogP contribution in [0.25, 0.3) is 0 Å². The van der Waals surface area contributed by atoms with Crippen LogP contribution in [-0.2, 0) is 10.3 Å². The maximum Gasteiger partial charge on any atom is 0.410 e. The fraction of sp³-hybridized carbons (Fsp3) is 0.562. The second-order valence-electron chi connectivity index (χ2n) is 6.62. The summed E-state index contributed by atoms with van der Waals surface area (Å²) in [6.45, 7) is 6.34. The molecule has 0 radical (unpaired) electrons. The van der Waals surface area contributed by atoms with Crippen LogP contribution in [0.4, 0.5) is 4.79 Å². The van der Waals surface area contributed by atoms with Gasteiger partial charge in [0.2, 0.25) is 0 Å². The molecule has 1 aliphatic heterocycles. The molecule has 0 unspecified atom stereocenters. The van der Waals surface area contributed by atoms with Gasteiger partial charge in [-0.15, -0.1) is 0 Å². The van der Waals surface area contributed by atoms with Gasteiger partial charge in [-0.05, 0) is 45.7 Å². The minimum absolute atomic E-state index is 0.350. The maximum atomic E-state index is 12.1. The van der Waals surface area contributed by atoms with Gasteiger partial charge >= 0.3 is 6.09 Å². The summed E-state index contributed by atoms with van der Waals surface area (Å²) in [6, 6.07) is 5.07. The molecule has 6 heteroatoms. The number of hydrogen-bond acceptors (Lipinski definition) is 3. The molecular weight excluding hydrogens is 325 g/mol. The molecule has 22 heavy (non-hydrogen) atoms. The average molecular weight is 346 g/mol. The first kappa shape index (κ1) is 17.4. The molecule has 0 aromatic heterocycles. The standard InChI is InChI=1S/C16H21Cl2NO3/c1-15(2,3)22-14(20)19-8-6-16(21,7-9-19)12-5-4-11(17)10-13(12)18/h4-5,10,21H,6-9H2,1-3H3. The second kappa shape index (κ2) is 6.26. The van der Waals surface area contributed by atoms with E-state index in [4.69, 9.17) is 27.9 Å². The summed E-state index contributed by atoms with van der Waals surface area (Å²) >= 11 is 12.1. The highest BCUT2D eigenvalue weighted by atomic mass is 35.5. The van der Waals surface area contributed by atoms with Crippen molar-refractivity contribution in [2.45, 2.75) is 44.8 Å². The van der Waals surface area contributed by atoms with Crippen LogP contribution in [0.5, 0.6) is 0 Å². The van der Waals surface area contributed by atoms with Crippen molar-refractivity contribution in [2.75, 3.05) is 13.1 Å². The minimum Gasteiger partial charge on any atom is -0.444 e. The minimum atomic E-state index is -1.04. The Balaban J connectivity index is 2.06. The Kier molecular flexibility index (Phi) is 4.95. The van der Waals surface area contributed by atoms with Crippen molar-refractivity contribution in [3.05, 3.63) is 33.8 Å². The summed E-state index contributed by atoms with van der Waals surface area (Å²) in [7, 11) is 0.